The highest BCUT2D eigenvalue weighted by molar-refractivity contribution is 5.78. The average molecular weight is 291 g/mol. The maximum Gasteiger partial charge on any atom is 0.225 e. The molecule has 0 heterocycles. The minimum atomic E-state index is 0.191. The summed E-state index contributed by atoms with van der Waals surface area (Å²) in [4.78, 5) is 14.7. The number of carbonyl (C=O) groups is 1. The van der Waals surface area contributed by atoms with Crippen molar-refractivity contribution in [2.75, 3.05) is 13.1 Å². The van der Waals surface area contributed by atoms with E-state index in [9.17, 15) is 4.79 Å². The summed E-state index contributed by atoms with van der Waals surface area (Å²) in [5.41, 5.74) is 0. The van der Waals surface area contributed by atoms with E-state index in [0.29, 0.717) is 5.91 Å². The second kappa shape index (κ2) is 8.00. The zero-order valence-electron chi connectivity index (χ0n) is 14.2. The molecule has 2 aliphatic rings. The second-order valence-electron chi connectivity index (χ2n) is 7.15. The van der Waals surface area contributed by atoms with Crippen LogP contribution in [0.5, 0.6) is 0 Å². The van der Waals surface area contributed by atoms with Crippen molar-refractivity contribution < 1.29 is 4.79 Å². The molecule has 0 saturated heterocycles. The first-order valence-electron chi connectivity index (χ1n) is 9.11. The van der Waals surface area contributed by atoms with Crippen LogP contribution in [0, 0.1) is 23.7 Å². The normalized spacial score (nSPS) is 29.2. The molecule has 0 bridgehead atoms. The van der Waals surface area contributed by atoms with Crippen LogP contribution in [0.2, 0.25) is 0 Å². The number of hydrogen-bond acceptors (Lipinski definition) is 1. The number of amides is 1. The number of unbranched alkanes of at least 4 members (excludes halogenated alkanes) is 1. The molecule has 2 aliphatic carbocycles. The molecule has 0 N–H and O–H groups in total. The summed E-state index contributed by atoms with van der Waals surface area (Å²) in [7, 11) is 0. The van der Waals surface area contributed by atoms with Crippen LogP contribution in [0.3, 0.4) is 0 Å². The van der Waals surface area contributed by atoms with Crippen LogP contribution in [0.1, 0.15) is 65.7 Å². The van der Waals surface area contributed by atoms with Gasteiger partial charge < -0.3 is 4.90 Å². The van der Waals surface area contributed by atoms with E-state index in [4.69, 9.17) is 0 Å². The van der Waals surface area contributed by atoms with Gasteiger partial charge in [-0.05, 0) is 56.3 Å². The highest BCUT2D eigenvalue weighted by Crippen LogP contribution is 2.48. The van der Waals surface area contributed by atoms with Gasteiger partial charge in [-0.25, -0.2) is 0 Å². The Morgan fingerprint density at radius 1 is 1.33 bits per heavy atom. The van der Waals surface area contributed by atoms with Gasteiger partial charge in [0.05, 0.1) is 0 Å². The van der Waals surface area contributed by atoms with Gasteiger partial charge in [-0.15, -0.1) is 0 Å². The Balaban J connectivity index is 1.84. The van der Waals surface area contributed by atoms with Gasteiger partial charge in [0.1, 0.15) is 0 Å². The molecule has 4 atom stereocenters. The summed E-state index contributed by atoms with van der Waals surface area (Å²) in [5.74, 6) is 3.15. The third-order valence-electron chi connectivity index (χ3n) is 5.47. The Morgan fingerprint density at radius 2 is 2.14 bits per heavy atom. The van der Waals surface area contributed by atoms with Crippen LogP contribution >= 0.6 is 0 Å². The molecule has 2 rings (SSSR count). The lowest BCUT2D eigenvalue weighted by molar-refractivity contribution is -0.135. The van der Waals surface area contributed by atoms with Gasteiger partial charge in [-0.2, -0.15) is 0 Å². The number of rotatable bonds is 8. The lowest BCUT2D eigenvalue weighted by atomic mass is 9.89. The molecule has 120 valence electrons. The maximum atomic E-state index is 12.5. The molecule has 1 saturated carbocycles. The molecular formula is C19H33NO. The molecule has 4 unspecified atom stereocenters. The van der Waals surface area contributed by atoms with Crippen LogP contribution < -0.4 is 0 Å². The Bertz CT molecular complexity index is 363. The summed E-state index contributed by atoms with van der Waals surface area (Å²) in [6.07, 6.45) is 13.2. The summed E-state index contributed by atoms with van der Waals surface area (Å²) < 4.78 is 0. The fourth-order valence-corrected chi connectivity index (χ4v) is 3.67. The first-order valence-corrected chi connectivity index (χ1v) is 9.11. The number of allylic oxidation sites excluding steroid dienone is 2. The summed E-state index contributed by atoms with van der Waals surface area (Å²) in [6.45, 7) is 8.40. The molecule has 0 aromatic rings. The molecule has 0 spiro atoms. The third kappa shape index (κ3) is 4.59. The molecule has 0 aromatic carbocycles. The van der Waals surface area contributed by atoms with Gasteiger partial charge in [0, 0.05) is 19.0 Å². The first-order chi connectivity index (χ1) is 10.2. The van der Waals surface area contributed by atoms with E-state index < -0.39 is 0 Å². The molecule has 0 radical (unpaired) electrons. The highest BCUT2D eigenvalue weighted by Gasteiger charge is 2.43. The summed E-state index contributed by atoms with van der Waals surface area (Å²) >= 11 is 0. The molecule has 0 aliphatic heterocycles. The van der Waals surface area contributed by atoms with Crippen LogP contribution in [-0.2, 0) is 4.79 Å². The minimum Gasteiger partial charge on any atom is -0.342 e. The van der Waals surface area contributed by atoms with Crippen molar-refractivity contribution in [1.29, 1.82) is 0 Å². The number of carbonyl (C=O) groups excluding carboxylic acids is 1. The first kappa shape index (κ1) is 16.6. The van der Waals surface area contributed by atoms with E-state index in [2.05, 4.69) is 37.8 Å². The van der Waals surface area contributed by atoms with Crippen molar-refractivity contribution in [1.82, 2.24) is 4.90 Å². The van der Waals surface area contributed by atoms with E-state index in [-0.39, 0.29) is 5.92 Å². The Kier molecular flexibility index (Phi) is 6.32. The monoisotopic (exact) mass is 291 g/mol. The van der Waals surface area contributed by atoms with E-state index in [0.717, 1.165) is 43.7 Å². The number of nitrogens with zero attached hydrogens (tertiary/aromatic N) is 1. The average Bonchev–Trinajstić information content (AvgIpc) is 3.30. The van der Waals surface area contributed by atoms with E-state index in [1.165, 1.54) is 32.1 Å². The summed E-state index contributed by atoms with van der Waals surface area (Å²) in [6, 6.07) is 0. The van der Waals surface area contributed by atoms with Crippen LogP contribution in [0.4, 0.5) is 0 Å². The van der Waals surface area contributed by atoms with Gasteiger partial charge in [0.2, 0.25) is 5.91 Å². The standard InChI is InChI=1S/C19H33NO/c1-4-6-12-20(19(21)15(3)5-2)14-17-13-18(17)16-10-8-7-9-11-16/h7-8,15-18H,4-6,9-14H2,1-3H3. The lowest BCUT2D eigenvalue weighted by Crippen LogP contribution is -2.37. The molecule has 2 heteroatoms. The van der Waals surface area contributed by atoms with Crippen LogP contribution in [0.15, 0.2) is 12.2 Å². The highest BCUT2D eigenvalue weighted by atomic mass is 16.2. The smallest absolute Gasteiger partial charge is 0.225 e. The van der Waals surface area contributed by atoms with Crippen LogP contribution in [0.25, 0.3) is 0 Å². The van der Waals surface area contributed by atoms with Crippen molar-refractivity contribution in [2.45, 2.75) is 65.7 Å². The lowest BCUT2D eigenvalue weighted by Gasteiger charge is -2.26. The van der Waals surface area contributed by atoms with E-state index >= 15 is 0 Å². The van der Waals surface area contributed by atoms with Crippen molar-refractivity contribution in [3.05, 3.63) is 12.2 Å². The predicted molar refractivity (Wildman–Crippen MR) is 89.0 cm³/mol. The molecule has 1 fully saturated rings. The number of hydrogen-bond donors (Lipinski definition) is 0. The zero-order chi connectivity index (χ0) is 15.2. The Labute approximate surface area is 131 Å². The fraction of sp³-hybridized carbons (Fsp3) is 0.842. The van der Waals surface area contributed by atoms with Gasteiger partial charge in [-0.1, -0.05) is 39.3 Å². The zero-order valence-corrected chi connectivity index (χ0v) is 14.2. The van der Waals surface area contributed by atoms with Crippen LogP contribution in [-0.4, -0.2) is 23.9 Å². The van der Waals surface area contributed by atoms with E-state index in [1.54, 1.807) is 0 Å². The molecule has 21 heavy (non-hydrogen) atoms. The fourth-order valence-electron chi connectivity index (χ4n) is 3.67. The van der Waals surface area contributed by atoms with E-state index in [1.807, 2.05) is 0 Å². The second-order valence-corrected chi connectivity index (χ2v) is 7.15. The van der Waals surface area contributed by atoms with Gasteiger partial charge >= 0.3 is 0 Å². The third-order valence-corrected chi connectivity index (χ3v) is 5.47. The van der Waals surface area contributed by atoms with Crippen molar-refractivity contribution >= 4 is 5.91 Å². The molecule has 2 nitrogen and oxygen atoms in total. The maximum absolute atomic E-state index is 12.5. The van der Waals surface area contributed by atoms with Crippen molar-refractivity contribution in [3.63, 3.8) is 0 Å². The van der Waals surface area contributed by atoms with Crippen molar-refractivity contribution in [2.24, 2.45) is 23.7 Å². The topological polar surface area (TPSA) is 20.3 Å². The molecule has 0 aromatic heterocycles. The summed E-state index contributed by atoms with van der Waals surface area (Å²) in [5, 5.41) is 0. The van der Waals surface area contributed by atoms with Gasteiger partial charge in [0.25, 0.3) is 0 Å². The quantitative estimate of drug-likeness (QED) is 0.596. The largest absolute Gasteiger partial charge is 0.342 e. The van der Waals surface area contributed by atoms with Gasteiger partial charge in [-0.3, -0.25) is 4.79 Å². The Morgan fingerprint density at radius 3 is 2.76 bits per heavy atom. The van der Waals surface area contributed by atoms with Gasteiger partial charge in [0.15, 0.2) is 0 Å². The Hall–Kier alpha value is -0.790. The minimum absolute atomic E-state index is 0.191. The molecule has 1 amide bonds. The molecular weight excluding hydrogens is 258 g/mol. The van der Waals surface area contributed by atoms with Crippen molar-refractivity contribution in [3.8, 4) is 0 Å². The SMILES string of the molecule is CCCCN(CC1CC1C1CC=CCC1)C(=O)C(C)CC. The predicted octanol–water partition coefficient (Wildman–Crippen LogP) is 4.65.